The van der Waals surface area contributed by atoms with Crippen molar-refractivity contribution >= 4 is 10.0 Å². The molecule has 0 bridgehead atoms. The molecule has 0 saturated carbocycles. The largest absolute Gasteiger partial charge is 0.511 e. The maximum atomic E-state index is 12.8. The molecule has 0 unspecified atom stereocenters. The number of rotatable bonds is 3. The van der Waals surface area contributed by atoms with Gasteiger partial charge in [0, 0.05) is 6.04 Å². The van der Waals surface area contributed by atoms with E-state index in [4.69, 9.17) is 0 Å². The number of hydrogen-bond donors (Lipinski definition) is 0. The molecule has 0 aromatic heterocycles. The first-order chi connectivity index (χ1) is 9.29. The number of halogens is 3. The van der Waals surface area contributed by atoms with E-state index in [-0.39, 0.29) is 0 Å². The lowest BCUT2D eigenvalue weighted by atomic mass is 10.1. The molecule has 0 spiro atoms. The van der Waals surface area contributed by atoms with Gasteiger partial charge >= 0.3 is 15.5 Å². The Morgan fingerprint density at radius 1 is 1.20 bits per heavy atom. The van der Waals surface area contributed by atoms with E-state index in [1.165, 1.54) is 6.08 Å². The van der Waals surface area contributed by atoms with Crippen molar-refractivity contribution < 1.29 is 21.6 Å². The predicted octanol–water partition coefficient (Wildman–Crippen LogP) is 3.23. The van der Waals surface area contributed by atoms with E-state index in [1.54, 1.807) is 30.3 Å². The summed E-state index contributed by atoms with van der Waals surface area (Å²) in [6.07, 6.45) is 1.93. The summed E-state index contributed by atoms with van der Waals surface area (Å²) in [6, 6.07) is 6.72. The van der Waals surface area contributed by atoms with Crippen LogP contribution in [0.5, 0.6) is 0 Å². The standard InChI is InChI=1S/C13H14F3NO2S/c1-2-11-8-9-12(10-6-4-3-5-7-10)17(11)20(18,19)13(14,15)16/h2-7,11-12H,1,8-9H2/t11-,12-/m0/s1. The Labute approximate surface area is 115 Å². The second-order valence-corrected chi connectivity index (χ2v) is 6.42. The van der Waals surface area contributed by atoms with Crippen LogP contribution in [0.15, 0.2) is 43.0 Å². The molecule has 2 rings (SSSR count). The molecular formula is C13H14F3NO2S. The van der Waals surface area contributed by atoms with E-state index < -0.39 is 27.6 Å². The smallest absolute Gasteiger partial charge is 0.203 e. The molecule has 3 nitrogen and oxygen atoms in total. The van der Waals surface area contributed by atoms with Crippen molar-refractivity contribution in [3.05, 3.63) is 48.6 Å². The van der Waals surface area contributed by atoms with Gasteiger partial charge in [0.15, 0.2) is 0 Å². The number of nitrogens with zero attached hydrogens (tertiary/aromatic N) is 1. The van der Waals surface area contributed by atoms with Crippen molar-refractivity contribution in [2.24, 2.45) is 0 Å². The van der Waals surface area contributed by atoms with E-state index >= 15 is 0 Å². The molecule has 1 heterocycles. The molecule has 1 aliphatic heterocycles. The highest BCUT2D eigenvalue weighted by atomic mass is 32.2. The summed E-state index contributed by atoms with van der Waals surface area (Å²) in [6.45, 7) is 3.44. The maximum absolute atomic E-state index is 12.8. The molecule has 1 fully saturated rings. The van der Waals surface area contributed by atoms with Gasteiger partial charge in [-0.05, 0) is 18.4 Å². The van der Waals surface area contributed by atoms with Gasteiger partial charge in [0.1, 0.15) is 0 Å². The molecule has 1 aromatic rings. The van der Waals surface area contributed by atoms with Gasteiger partial charge in [-0.3, -0.25) is 0 Å². The van der Waals surface area contributed by atoms with Gasteiger partial charge in [0.25, 0.3) is 0 Å². The SMILES string of the molecule is C=C[C@H]1CC[C@@H](c2ccccc2)N1S(=O)(=O)C(F)(F)F. The fourth-order valence-corrected chi connectivity index (χ4v) is 3.84. The minimum Gasteiger partial charge on any atom is -0.203 e. The molecule has 1 aromatic carbocycles. The second-order valence-electron chi connectivity index (χ2n) is 4.59. The predicted molar refractivity (Wildman–Crippen MR) is 69.2 cm³/mol. The first kappa shape index (κ1) is 15.1. The van der Waals surface area contributed by atoms with E-state index in [1.807, 2.05) is 0 Å². The number of alkyl halides is 3. The molecule has 7 heteroatoms. The van der Waals surface area contributed by atoms with Crippen LogP contribution in [0.3, 0.4) is 0 Å². The van der Waals surface area contributed by atoms with Crippen molar-refractivity contribution in [2.75, 3.05) is 0 Å². The number of hydrogen-bond acceptors (Lipinski definition) is 2. The summed E-state index contributed by atoms with van der Waals surface area (Å²) in [7, 11) is -5.37. The average Bonchev–Trinajstić information content (AvgIpc) is 2.82. The minimum absolute atomic E-state index is 0.332. The van der Waals surface area contributed by atoms with Crippen LogP contribution in [0, 0.1) is 0 Å². The lowest BCUT2D eigenvalue weighted by molar-refractivity contribution is -0.0499. The van der Waals surface area contributed by atoms with Gasteiger partial charge in [0.2, 0.25) is 0 Å². The Morgan fingerprint density at radius 3 is 2.30 bits per heavy atom. The average molecular weight is 305 g/mol. The lowest BCUT2D eigenvalue weighted by Gasteiger charge is -2.28. The Kier molecular flexibility index (Phi) is 3.93. The van der Waals surface area contributed by atoms with Crippen molar-refractivity contribution in [1.29, 1.82) is 0 Å². The molecular weight excluding hydrogens is 291 g/mol. The molecule has 1 saturated heterocycles. The van der Waals surface area contributed by atoms with Gasteiger partial charge in [-0.25, -0.2) is 8.42 Å². The van der Waals surface area contributed by atoms with Crippen molar-refractivity contribution in [3.8, 4) is 0 Å². The lowest BCUT2D eigenvalue weighted by Crippen LogP contribution is -2.43. The van der Waals surface area contributed by atoms with E-state index in [2.05, 4.69) is 6.58 Å². The normalized spacial score (nSPS) is 24.8. The quantitative estimate of drug-likeness (QED) is 0.804. The van der Waals surface area contributed by atoms with Crippen LogP contribution in [0.4, 0.5) is 13.2 Å². The molecule has 110 valence electrons. The van der Waals surface area contributed by atoms with E-state index in [0.717, 1.165) is 0 Å². The summed E-state index contributed by atoms with van der Waals surface area (Å²) in [5.41, 5.74) is -4.74. The zero-order chi connectivity index (χ0) is 15.0. The fourth-order valence-electron chi connectivity index (χ4n) is 2.49. The molecule has 20 heavy (non-hydrogen) atoms. The van der Waals surface area contributed by atoms with Gasteiger partial charge in [-0.2, -0.15) is 17.5 Å². The van der Waals surface area contributed by atoms with Gasteiger partial charge < -0.3 is 0 Å². The second kappa shape index (κ2) is 5.21. The number of sulfonamides is 1. The summed E-state index contributed by atoms with van der Waals surface area (Å²) in [4.78, 5) is 0. The van der Waals surface area contributed by atoms with Gasteiger partial charge in [0.05, 0.1) is 6.04 Å². The van der Waals surface area contributed by atoms with Crippen LogP contribution in [-0.2, 0) is 10.0 Å². The molecule has 0 aliphatic carbocycles. The third kappa shape index (κ3) is 2.47. The van der Waals surface area contributed by atoms with Crippen LogP contribution >= 0.6 is 0 Å². The van der Waals surface area contributed by atoms with Crippen molar-refractivity contribution in [3.63, 3.8) is 0 Å². The Morgan fingerprint density at radius 2 is 1.80 bits per heavy atom. The summed E-state index contributed by atoms with van der Waals surface area (Å²) >= 11 is 0. The van der Waals surface area contributed by atoms with E-state index in [0.29, 0.717) is 22.7 Å². The topological polar surface area (TPSA) is 37.4 Å². The molecule has 1 aliphatic rings. The highest BCUT2D eigenvalue weighted by molar-refractivity contribution is 7.90. The van der Waals surface area contributed by atoms with Crippen molar-refractivity contribution in [2.45, 2.75) is 30.4 Å². The van der Waals surface area contributed by atoms with Crippen molar-refractivity contribution in [1.82, 2.24) is 4.31 Å². The Balaban J connectivity index is 2.47. The first-order valence-electron chi connectivity index (χ1n) is 6.06. The van der Waals surface area contributed by atoms with Crippen LogP contribution < -0.4 is 0 Å². The van der Waals surface area contributed by atoms with Crippen LogP contribution in [-0.4, -0.2) is 24.3 Å². The summed E-state index contributed by atoms with van der Waals surface area (Å²) in [5, 5.41) is 0. The molecule has 0 amide bonds. The summed E-state index contributed by atoms with van der Waals surface area (Å²) in [5.74, 6) is 0. The van der Waals surface area contributed by atoms with Gasteiger partial charge in [-0.15, -0.1) is 6.58 Å². The minimum atomic E-state index is -5.37. The molecule has 0 N–H and O–H groups in total. The highest BCUT2D eigenvalue weighted by Crippen LogP contribution is 2.43. The fraction of sp³-hybridized carbons (Fsp3) is 0.385. The highest BCUT2D eigenvalue weighted by Gasteiger charge is 2.55. The Hall–Kier alpha value is -1.34. The molecule has 2 atom stereocenters. The van der Waals surface area contributed by atoms with Crippen LogP contribution in [0.1, 0.15) is 24.4 Å². The van der Waals surface area contributed by atoms with Crippen LogP contribution in [0.25, 0.3) is 0 Å². The zero-order valence-electron chi connectivity index (χ0n) is 10.5. The van der Waals surface area contributed by atoms with E-state index in [9.17, 15) is 21.6 Å². The third-order valence-electron chi connectivity index (χ3n) is 3.40. The van der Waals surface area contributed by atoms with Crippen LogP contribution in [0.2, 0.25) is 0 Å². The third-order valence-corrected chi connectivity index (χ3v) is 5.06. The first-order valence-corrected chi connectivity index (χ1v) is 7.50. The summed E-state index contributed by atoms with van der Waals surface area (Å²) < 4.78 is 62.5. The maximum Gasteiger partial charge on any atom is 0.511 e. The zero-order valence-corrected chi connectivity index (χ0v) is 11.4. The molecule has 0 radical (unpaired) electrons. The Bertz CT molecular complexity index is 583. The monoisotopic (exact) mass is 305 g/mol. The van der Waals surface area contributed by atoms with Gasteiger partial charge in [-0.1, -0.05) is 36.4 Å². The number of benzene rings is 1.